The number of ether oxygens (including phenoxy) is 1. The molecule has 7 heteroatoms. The fraction of sp³-hybridized carbons (Fsp3) is 0.174. The first-order valence-electron chi connectivity index (χ1n) is 9.31. The first-order chi connectivity index (χ1) is 14.4. The van der Waals surface area contributed by atoms with Gasteiger partial charge in [-0.3, -0.25) is 4.90 Å². The van der Waals surface area contributed by atoms with Crippen LogP contribution in [0.25, 0.3) is 0 Å². The number of benzene rings is 3. The zero-order valence-corrected chi connectivity index (χ0v) is 18.5. The van der Waals surface area contributed by atoms with E-state index in [2.05, 4.69) is 5.32 Å². The van der Waals surface area contributed by atoms with Gasteiger partial charge in [-0.05, 0) is 60.2 Å². The summed E-state index contributed by atoms with van der Waals surface area (Å²) in [7, 11) is 5.58. The van der Waals surface area contributed by atoms with Gasteiger partial charge in [0.05, 0.1) is 24.4 Å². The molecular formula is C23H23Cl2N3O2. The lowest BCUT2D eigenvalue weighted by atomic mass is 10.1. The summed E-state index contributed by atoms with van der Waals surface area (Å²) in [6.07, 6.45) is 0. The van der Waals surface area contributed by atoms with E-state index in [0.717, 1.165) is 22.7 Å². The maximum atomic E-state index is 13.2. The molecule has 5 nitrogen and oxygen atoms in total. The van der Waals surface area contributed by atoms with Crippen molar-refractivity contribution < 1.29 is 9.53 Å². The second-order valence-corrected chi connectivity index (χ2v) is 7.74. The molecule has 0 unspecified atom stereocenters. The average molecular weight is 444 g/mol. The maximum absolute atomic E-state index is 13.2. The number of amides is 2. The fourth-order valence-corrected chi connectivity index (χ4v) is 3.35. The minimum absolute atomic E-state index is 0.305. The van der Waals surface area contributed by atoms with Gasteiger partial charge in [0.15, 0.2) is 0 Å². The Hall–Kier alpha value is -2.89. The first kappa shape index (κ1) is 21.8. The van der Waals surface area contributed by atoms with E-state index in [-0.39, 0.29) is 6.03 Å². The number of rotatable bonds is 6. The highest BCUT2D eigenvalue weighted by atomic mass is 35.5. The lowest BCUT2D eigenvalue weighted by Crippen LogP contribution is -2.34. The molecule has 0 heterocycles. The van der Waals surface area contributed by atoms with Crippen LogP contribution >= 0.6 is 23.2 Å². The van der Waals surface area contributed by atoms with Gasteiger partial charge >= 0.3 is 6.03 Å². The lowest BCUT2D eigenvalue weighted by Gasteiger charge is -2.24. The Labute approximate surface area is 186 Å². The summed E-state index contributed by atoms with van der Waals surface area (Å²) in [5.74, 6) is 0.718. The molecule has 0 bridgehead atoms. The number of carbonyl (C=O) groups excluding carboxylic acids is 1. The third-order valence-corrected chi connectivity index (χ3v) is 5.14. The molecule has 0 aliphatic carbocycles. The smallest absolute Gasteiger partial charge is 0.326 e. The van der Waals surface area contributed by atoms with Crippen LogP contribution in [0.5, 0.6) is 5.75 Å². The summed E-state index contributed by atoms with van der Waals surface area (Å²) in [6, 6.07) is 20.0. The van der Waals surface area contributed by atoms with E-state index in [1.165, 1.54) is 0 Å². The number of nitrogens with one attached hydrogen (secondary N) is 1. The molecule has 156 valence electrons. The SMILES string of the molecule is COc1ccc(N(Cc2ccc(N(C)C)cc2)C(=O)Nc2ccc(Cl)cc2Cl)cc1. The van der Waals surface area contributed by atoms with Gasteiger partial charge in [-0.15, -0.1) is 0 Å². The zero-order valence-electron chi connectivity index (χ0n) is 17.0. The Morgan fingerprint density at radius 2 is 1.57 bits per heavy atom. The van der Waals surface area contributed by atoms with Gasteiger partial charge in [-0.2, -0.15) is 0 Å². The van der Waals surface area contributed by atoms with Crippen molar-refractivity contribution in [3.05, 3.63) is 82.3 Å². The van der Waals surface area contributed by atoms with Gasteiger partial charge in [-0.1, -0.05) is 35.3 Å². The molecule has 0 fully saturated rings. The number of hydrogen-bond donors (Lipinski definition) is 1. The van der Waals surface area contributed by atoms with Crippen LogP contribution in [0.2, 0.25) is 10.0 Å². The minimum Gasteiger partial charge on any atom is -0.497 e. The van der Waals surface area contributed by atoms with Crippen molar-refractivity contribution in [2.75, 3.05) is 36.3 Å². The Balaban J connectivity index is 1.88. The van der Waals surface area contributed by atoms with Gasteiger partial charge in [-0.25, -0.2) is 4.79 Å². The van der Waals surface area contributed by atoms with E-state index in [1.54, 1.807) is 30.2 Å². The summed E-state index contributed by atoms with van der Waals surface area (Å²) < 4.78 is 5.23. The van der Waals surface area contributed by atoms with Crippen molar-refractivity contribution in [2.45, 2.75) is 6.54 Å². The Kier molecular flexibility index (Phi) is 7.08. The van der Waals surface area contributed by atoms with E-state index < -0.39 is 0 Å². The maximum Gasteiger partial charge on any atom is 0.326 e. The summed E-state index contributed by atoms with van der Waals surface area (Å²) >= 11 is 12.2. The molecule has 2 amide bonds. The summed E-state index contributed by atoms with van der Waals surface area (Å²) in [4.78, 5) is 16.8. The van der Waals surface area contributed by atoms with Crippen LogP contribution in [0.1, 0.15) is 5.56 Å². The first-order valence-corrected chi connectivity index (χ1v) is 10.1. The molecule has 3 aromatic carbocycles. The number of urea groups is 1. The highest BCUT2D eigenvalue weighted by Crippen LogP contribution is 2.27. The molecule has 0 radical (unpaired) electrons. The van der Waals surface area contributed by atoms with E-state index in [9.17, 15) is 4.79 Å². The van der Waals surface area contributed by atoms with Crippen LogP contribution in [0, 0.1) is 0 Å². The summed E-state index contributed by atoms with van der Waals surface area (Å²) in [6.45, 7) is 0.386. The Morgan fingerprint density at radius 3 is 2.13 bits per heavy atom. The highest BCUT2D eigenvalue weighted by molar-refractivity contribution is 6.36. The second kappa shape index (κ2) is 9.74. The third-order valence-electron chi connectivity index (χ3n) is 4.60. The van der Waals surface area contributed by atoms with E-state index in [1.807, 2.05) is 67.5 Å². The molecule has 0 atom stereocenters. The molecule has 0 aliphatic rings. The van der Waals surface area contributed by atoms with Crippen molar-refractivity contribution in [3.63, 3.8) is 0 Å². The molecule has 30 heavy (non-hydrogen) atoms. The number of carbonyl (C=O) groups is 1. The largest absolute Gasteiger partial charge is 0.497 e. The van der Waals surface area contributed by atoms with Crippen LogP contribution in [-0.2, 0) is 6.54 Å². The van der Waals surface area contributed by atoms with Gasteiger partial charge in [0.2, 0.25) is 0 Å². The zero-order chi connectivity index (χ0) is 21.7. The molecule has 3 aromatic rings. The van der Waals surface area contributed by atoms with Crippen LogP contribution in [0.4, 0.5) is 21.9 Å². The van der Waals surface area contributed by atoms with Crippen molar-refractivity contribution in [1.82, 2.24) is 0 Å². The standard InChI is InChI=1S/C23H23Cl2N3O2/c1-27(2)18-7-4-16(5-8-18)15-28(19-9-11-20(30-3)12-10-19)23(29)26-22-13-6-17(24)14-21(22)25/h4-14H,15H2,1-3H3,(H,26,29). The Morgan fingerprint density at radius 1 is 0.933 bits per heavy atom. The van der Waals surface area contributed by atoms with Crippen molar-refractivity contribution in [1.29, 1.82) is 0 Å². The number of halogens is 2. The van der Waals surface area contributed by atoms with Gasteiger partial charge < -0.3 is 15.0 Å². The monoisotopic (exact) mass is 443 g/mol. The average Bonchev–Trinajstić information content (AvgIpc) is 2.74. The number of hydrogen-bond acceptors (Lipinski definition) is 3. The number of methoxy groups -OCH3 is 1. The van der Waals surface area contributed by atoms with E-state index in [4.69, 9.17) is 27.9 Å². The molecule has 1 N–H and O–H groups in total. The molecule has 0 spiro atoms. The quantitative estimate of drug-likeness (QED) is 0.485. The molecule has 0 saturated heterocycles. The molecular weight excluding hydrogens is 421 g/mol. The summed E-state index contributed by atoms with van der Waals surface area (Å²) in [5, 5.41) is 3.75. The number of nitrogens with zero attached hydrogens (tertiary/aromatic N) is 2. The van der Waals surface area contributed by atoms with Crippen LogP contribution < -0.4 is 19.9 Å². The van der Waals surface area contributed by atoms with E-state index >= 15 is 0 Å². The minimum atomic E-state index is -0.305. The van der Waals surface area contributed by atoms with Crippen LogP contribution in [-0.4, -0.2) is 27.2 Å². The highest BCUT2D eigenvalue weighted by Gasteiger charge is 2.18. The second-order valence-electron chi connectivity index (χ2n) is 6.90. The normalized spacial score (nSPS) is 10.4. The lowest BCUT2D eigenvalue weighted by molar-refractivity contribution is 0.256. The summed E-state index contributed by atoms with van der Waals surface area (Å²) in [5.41, 5.74) is 3.31. The Bertz CT molecular complexity index is 1010. The topological polar surface area (TPSA) is 44.8 Å². The van der Waals surface area contributed by atoms with Gasteiger partial charge in [0.1, 0.15) is 5.75 Å². The third kappa shape index (κ3) is 5.38. The van der Waals surface area contributed by atoms with Crippen LogP contribution in [0.3, 0.4) is 0 Å². The van der Waals surface area contributed by atoms with Gasteiger partial charge in [0, 0.05) is 30.5 Å². The van der Waals surface area contributed by atoms with Crippen molar-refractivity contribution in [3.8, 4) is 5.75 Å². The van der Waals surface area contributed by atoms with E-state index in [0.29, 0.717) is 22.3 Å². The molecule has 3 rings (SSSR count). The van der Waals surface area contributed by atoms with Crippen molar-refractivity contribution >= 4 is 46.3 Å². The van der Waals surface area contributed by atoms with Crippen molar-refractivity contribution in [2.24, 2.45) is 0 Å². The van der Waals surface area contributed by atoms with Crippen LogP contribution in [0.15, 0.2) is 66.7 Å². The number of anilines is 3. The predicted octanol–water partition coefficient (Wildman–Crippen LogP) is 6.31. The molecule has 0 saturated carbocycles. The molecule has 0 aromatic heterocycles. The van der Waals surface area contributed by atoms with Gasteiger partial charge in [0.25, 0.3) is 0 Å². The fourth-order valence-electron chi connectivity index (χ4n) is 2.90. The molecule has 0 aliphatic heterocycles. The predicted molar refractivity (Wildman–Crippen MR) is 125 cm³/mol.